The van der Waals surface area contributed by atoms with E-state index in [0.29, 0.717) is 0 Å². The number of hydrogen-bond donors (Lipinski definition) is 2. The lowest BCUT2D eigenvalue weighted by atomic mass is 10.1. The van der Waals surface area contributed by atoms with E-state index in [1.807, 2.05) is 41.3 Å². The van der Waals surface area contributed by atoms with Crippen molar-refractivity contribution in [1.29, 1.82) is 0 Å². The number of hydrogen-bond acceptors (Lipinski definition) is 4. The summed E-state index contributed by atoms with van der Waals surface area (Å²) in [6.45, 7) is 4.34. The van der Waals surface area contributed by atoms with E-state index < -0.39 is 11.9 Å². The standard InChI is InChI=1S/C18H19BrN2O.C2H2O4/c19-17-9-5-4-8-16(17)14-20-10-12-21(13-11-20)18(22)15-6-2-1-3-7-15;3-1(4)2(5)6/h1-9H,10-14H2;(H,3,4)(H,5,6). The molecule has 0 aromatic heterocycles. The Hall–Kier alpha value is -2.71. The number of carboxylic acids is 2. The quantitative estimate of drug-likeness (QED) is 0.700. The average molecular weight is 449 g/mol. The van der Waals surface area contributed by atoms with Gasteiger partial charge >= 0.3 is 11.9 Å². The highest BCUT2D eigenvalue weighted by molar-refractivity contribution is 9.10. The number of carboxylic acid groups (broad SMARTS) is 2. The van der Waals surface area contributed by atoms with Crippen molar-refractivity contribution in [2.45, 2.75) is 6.54 Å². The third kappa shape index (κ3) is 6.47. The highest BCUT2D eigenvalue weighted by Crippen LogP contribution is 2.19. The number of carbonyl (C=O) groups excluding carboxylic acids is 1. The van der Waals surface area contributed by atoms with Crippen molar-refractivity contribution in [2.24, 2.45) is 0 Å². The van der Waals surface area contributed by atoms with Gasteiger partial charge in [0.05, 0.1) is 0 Å². The second kappa shape index (κ2) is 10.6. The maximum Gasteiger partial charge on any atom is 0.414 e. The van der Waals surface area contributed by atoms with Crippen molar-refractivity contribution in [2.75, 3.05) is 26.2 Å². The van der Waals surface area contributed by atoms with E-state index in [0.717, 1.165) is 42.8 Å². The van der Waals surface area contributed by atoms with Gasteiger partial charge in [0.2, 0.25) is 0 Å². The first-order chi connectivity index (χ1) is 13.4. The summed E-state index contributed by atoms with van der Waals surface area (Å²) < 4.78 is 1.15. The molecule has 0 atom stereocenters. The molecule has 0 unspecified atom stereocenters. The molecule has 2 aromatic carbocycles. The number of rotatable bonds is 3. The third-order valence-electron chi connectivity index (χ3n) is 4.21. The Morgan fingerprint density at radius 2 is 1.36 bits per heavy atom. The molecular formula is C20H21BrN2O5. The van der Waals surface area contributed by atoms with Crippen LogP contribution in [0.15, 0.2) is 59.1 Å². The SMILES string of the molecule is O=C(O)C(=O)O.O=C(c1ccccc1)N1CCN(Cc2ccccc2Br)CC1. The van der Waals surface area contributed by atoms with Crippen molar-refractivity contribution < 1.29 is 24.6 Å². The lowest BCUT2D eigenvalue weighted by molar-refractivity contribution is -0.159. The van der Waals surface area contributed by atoms with E-state index in [4.69, 9.17) is 19.8 Å². The van der Waals surface area contributed by atoms with Crippen molar-refractivity contribution in [1.82, 2.24) is 9.80 Å². The molecule has 7 nitrogen and oxygen atoms in total. The molecule has 148 valence electrons. The number of benzene rings is 2. The normalized spacial score (nSPS) is 14.0. The zero-order valence-corrected chi connectivity index (χ0v) is 16.7. The van der Waals surface area contributed by atoms with Gasteiger partial charge in [0.1, 0.15) is 0 Å². The summed E-state index contributed by atoms with van der Waals surface area (Å²) in [4.78, 5) is 35.0. The van der Waals surface area contributed by atoms with Gasteiger partial charge in [-0.05, 0) is 23.8 Å². The number of nitrogens with zero attached hydrogens (tertiary/aromatic N) is 2. The molecule has 0 aliphatic carbocycles. The molecule has 3 rings (SSSR count). The Labute approximate surface area is 171 Å². The molecule has 8 heteroatoms. The summed E-state index contributed by atoms with van der Waals surface area (Å²) in [5.74, 6) is -3.51. The van der Waals surface area contributed by atoms with Crippen LogP contribution in [0.1, 0.15) is 15.9 Å². The highest BCUT2D eigenvalue weighted by atomic mass is 79.9. The van der Waals surface area contributed by atoms with Crippen LogP contribution < -0.4 is 0 Å². The Balaban J connectivity index is 0.000000409. The van der Waals surface area contributed by atoms with Crippen LogP contribution >= 0.6 is 15.9 Å². The van der Waals surface area contributed by atoms with E-state index in [1.54, 1.807) is 0 Å². The first kappa shape index (κ1) is 21.6. The topological polar surface area (TPSA) is 98.1 Å². The van der Waals surface area contributed by atoms with Gasteiger partial charge in [-0.25, -0.2) is 9.59 Å². The van der Waals surface area contributed by atoms with Crippen LogP contribution in [0.3, 0.4) is 0 Å². The van der Waals surface area contributed by atoms with Gasteiger partial charge < -0.3 is 15.1 Å². The molecule has 1 aliphatic rings. The molecule has 1 amide bonds. The van der Waals surface area contributed by atoms with Gasteiger partial charge in [-0.1, -0.05) is 52.3 Å². The number of piperazine rings is 1. The average Bonchev–Trinajstić information content (AvgIpc) is 2.71. The number of halogens is 1. The summed E-state index contributed by atoms with van der Waals surface area (Å²) in [7, 11) is 0. The monoisotopic (exact) mass is 448 g/mol. The van der Waals surface area contributed by atoms with Gasteiger partial charge in [0, 0.05) is 42.8 Å². The van der Waals surface area contributed by atoms with E-state index in [9.17, 15) is 4.79 Å². The van der Waals surface area contributed by atoms with Crippen molar-refractivity contribution in [3.05, 3.63) is 70.2 Å². The molecule has 2 aromatic rings. The van der Waals surface area contributed by atoms with Crippen LogP contribution in [0.4, 0.5) is 0 Å². The Bertz CT molecular complexity index is 808. The molecule has 2 N–H and O–H groups in total. The van der Waals surface area contributed by atoms with Crippen LogP contribution in [0.25, 0.3) is 0 Å². The van der Waals surface area contributed by atoms with E-state index in [1.165, 1.54) is 5.56 Å². The fourth-order valence-electron chi connectivity index (χ4n) is 2.74. The number of amides is 1. The maximum absolute atomic E-state index is 12.4. The van der Waals surface area contributed by atoms with Gasteiger partial charge in [-0.15, -0.1) is 0 Å². The second-order valence-electron chi connectivity index (χ2n) is 6.14. The highest BCUT2D eigenvalue weighted by Gasteiger charge is 2.22. The van der Waals surface area contributed by atoms with E-state index in [2.05, 4.69) is 39.0 Å². The summed E-state index contributed by atoms with van der Waals surface area (Å²) in [6.07, 6.45) is 0. The van der Waals surface area contributed by atoms with Crippen LogP contribution in [-0.2, 0) is 16.1 Å². The van der Waals surface area contributed by atoms with Crippen LogP contribution in [0, 0.1) is 0 Å². The predicted octanol–water partition coefficient (Wildman–Crippen LogP) is 2.56. The minimum Gasteiger partial charge on any atom is -0.473 e. The van der Waals surface area contributed by atoms with Gasteiger partial charge in [0.15, 0.2) is 0 Å². The zero-order valence-electron chi connectivity index (χ0n) is 15.1. The smallest absolute Gasteiger partial charge is 0.414 e. The zero-order chi connectivity index (χ0) is 20.5. The molecule has 1 fully saturated rings. The summed E-state index contributed by atoms with van der Waals surface area (Å²) in [5, 5.41) is 14.8. The fraction of sp³-hybridized carbons (Fsp3) is 0.250. The molecule has 0 radical (unpaired) electrons. The van der Waals surface area contributed by atoms with Crippen molar-refractivity contribution in [3.63, 3.8) is 0 Å². The fourth-order valence-corrected chi connectivity index (χ4v) is 3.15. The summed E-state index contributed by atoms with van der Waals surface area (Å²) in [6, 6.07) is 17.8. The summed E-state index contributed by atoms with van der Waals surface area (Å²) in [5.41, 5.74) is 2.08. The minimum atomic E-state index is -1.82. The Morgan fingerprint density at radius 3 is 1.89 bits per heavy atom. The molecule has 0 saturated carbocycles. The predicted molar refractivity (Wildman–Crippen MR) is 107 cm³/mol. The van der Waals surface area contributed by atoms with Crippen molar-refractivity contribution in [3.8, 4) is 0 Å². The van der Waals surface area contributed by atoms with Gasteiger partial charge in [-0.2, -0.15) is 0 Å². The first-order valence-electron chi connectivity index (χ1n) is 8.64. The first-order valence-corrected chi connectivity index (χ1v) is 9.44. The molecule has 0 bridgehead atoms. The number of aliphatic carboxylic acids is 2. The van der Waals surface area contributed by atoms with Crippen LogP contribution in [0.5, 0.6) is 0 Å². The van der Waals surface area contributed by atoms with E-state index >= 15 is 0 Å². The molecule has 0 spiro atoms. The Kier molecular flexibility index (Phi) is 8.16. The maximum atomic E-state index is 12.4. The molecule has 1 aliphatic heterocycles. The second-order valence-corrected chi connectivity index (χ2v) is 6.99. The third-order valence-corrected chi connectivity index (χ3v) is 4.99. The molecule has 28 heavy (non-hydrogen) atoms. The number of carbonyl (C=O) groups is 3. The van der Waals surface area contributed by atoms with Crippen molar-refractivity contribution >= 4 is 33.8 Å². The van der Waals surface area contributed by atoms with Gasteiger partial charge in [0.25, 0.3) is 5.91 Å². The molecule has 1 heterocycles. The molecular weight excluding hydrogens is 428 g/mol. The largest absolute Gasteiger partial charge is 0.473 e. The van der Waals surface area contributed by atoms with Crippen LogP contribution in [0.2, 0.25) is 0 Å². The molecule has 1 saturated heterocycles. The van der Waals surface area contributed by atoms with Gasteiger partial charge in [-0.3, -0.25) is 9.69 Å². The Morgan fingerprint density at radius 1 is 0.821 bits per heavy atom. The summed E-state index contributed by atoms with van der Waals surface area (Å²) >= 11 is 3.60. The lowest BCUT2D eigenvalue weighted by Gasteiger charge is -2.35. The minimum absolute atomic E-state index is 0.140. The lowest BCUT2D eigenvalue weighted by Crippen LogP contribution is -2.48. The van der Waals surface area contributed by atoms with E-state index in [-0.39, 0.29) is 5.91 Å². The van der Waals surface area contributed by atoms with Crippen LogP contribution in [-0.4, -0.2) is 64.0 Å².